The topological polar surface area (TPSA) is 87.5 Å². The van der Waals surface area contributed by atoms with E-state index >= 15 is 0 Å². The van der Waals surface area contributed by atoms with Crippen LogP contribution in [0, 0.1) is 5.92 Å². The number of aromatic nitrogens is 2. The number of benzene rings is 2. The maximum Gasteiger partial charge on any atom is 0.335 e. The summed E-state index contributed by atoms with van der Waals surface area (Å²) < 4.78 is 2.90. The van der Waals surface area contributed by atoms with Crippen molar-refractivity contribution in [3.8, 4) is 0 Å². The molecule has 8 rings (SSSR count). The van der Waals surface area contributed by atoms with E-state index in [1.165, 1.54) is 24.2 Å². The molecule has 0 unspecified atom stereocenters. The number of anilines is 1. The molecule has 3 aliphatic heterocycles. The lowest BCUT2D eigenvalue weighted by Gasteiger charge is -2.40. The maximum absolute atomic E-state index is 14.3. The molecule has 10 heteroatoms. The predicted octanol–water partition coefficient (Wildman–Crippen LogP) is 6.56. The van der Waals surface area contributed by atoms with Crippen molar-refractivity contribution in [1.82, 2.24) is 14.5 Å². The van der Waals surface area contributed by atoms with E-state index in [4.69, 9.17) is 28.2 Å². The molecule has 0 radical (unpaired) electrons. The Balaban J connectivity index is 0.00000253. The second-order valence-electron chi connectivity index (χ2n) is 10.8. The lowest BCUT2D eigenvalue weighted by Crippen LogP contribution is -2.53. The third-order valence-corrected chi connectivity index (χ3v) is 10.4. The van der Waals surface area contributed by atoms with Gasteiger partial charge in [0.05, 0.1) is 20.9 Å². The van der Waals surface area contributed by atoms with Gasteiger partial charge in [0.2, 0.25) is 5.91 Å². The fourth-order valence-corrected chi connectivity index (χ4v) is 8.63. The van der Waals surface area contributed by atoms with Gasteiger partial charge in [-0.15, -0.1) is 11.3 Å². The molecular formula is C29H26Cl2N4O3S. The predicted molar refractivity (Wildman–Crippen MR) is 153 cm³/mol. The molecule has 1 saturated carbocycles. The first-order chi connectivity index (χ1) is 18.4. The lowest BCUT2D eigenvalue weighted by atomic mass is 9.74. The Morgan fingerprint density at radius 2 is 1.97 bits per heavy atom. The minimum absolute atomic E-state index is 0. The van der Waals surface area contributed by atoms with Crippen molar-refractivity contribution in [1.29, 1.82) is 0 Å². The second kappa shape index (κ2) is 8.54. The summed E-state index contributed by atoms with van der Waals surface area (Å²) in [6.07, 6.45) is 2.33. The van der Waals surface area contributed by atoms with Crippen molar-refractivity contribution in [2.75, 3.05) is 11.9 Å². The van der Waals surface area contributed by atoms with E-state index < -0.39 is 11.5 Å². The number of hydrogen-bond donors (Lipinski definition) is 2. The van der Waals surface area contributed by atoms with Gasteiger partial charge in [0.25, 0.3) is 0 Å². The van der Waals surface area contributed by atoms with Gasteiger partial charge in [-0.1, -0.05) is 36.7 Å². The Kier molecular flexibility index (Phi) is 5.49. The molecule has 2 aromatic carbocycles. The number of nitrogens with one attached hydrogen (secondary N) is 1. The van der Waals surface area contributed by atoms with E-state index in [2.05, 4.69) is 14.8 Å². The number of likely N-dealkylation sites (tertiary alicyclic amines) is 1. The molecule has 200 valence electrons. The van der Waals surface area contributed by atoms with Crippen LogP contribution in [-0.2, 0) is 16.9 Å². The van der Waals surface area contributed by atoms with Crippen LogP contribution < -0.4 is 5.32 Å². The summed E-state index contributed by atoms with van der Waals surface area (Å²) in [4.78, 5) is 34.5. The molecule has 39 heavy (non-hydrogen) atoms. The molecule has 1 saturated heterocycles. The molecule has 0 bridgehead atoms. The number of amides is 1. The zero-order valence-electron chi connectivity index (χ0n) is 20.0. The highest BCUT2D eigenvalue weighted by Crippen LogP contribution is 2.65. The number of fused-ring (bicyclic) bond motifs is 7. The van der Waals surface area contributed by atoms with E-state index in [0.717, 1.165) is 34.0 Å². The van der Waals surface area contributed by atoms with E-state index in [9.17, 15) is 14.7 Å². The molecular weight excluding hydrogens is 555 g/mol. The van der Waals surface area contributed by atoms with Crippen molar-refractivity contribution >= 4 is 63.1 Å². The number of carboxylic acid groups (broad SMARTS) is 1. The van der Waals surface area contributed by atoms with Crippen LogP contribution in [0.25, 0.3) is 11.0 Å². The first-order valence-corrected chi connectivity index (χ1v) is 14.3. The summed E-state index contributed by atoms with van der Waals surface area (Å²) in [5.74, 6) is 0.160. The summed E-state index contributed by atoms with van der Waals surface area (Å²) in [6.45, 7) is 1.52. The van der Waals surface area contributed by atoms with Gasteiger partial charge in [-0.3, -0.25) is 9.69 Å². The average molecular weight is 582 g/mol. The Morgan fingerprint density at radius 3 is 2.69 bits per heavy atom. The van der Waals surface area contributed by atoms with Gasteiger partial charge >= 0.3 is 5.97 Å². The van der Waals surface area contributed by atoms with Gasteiger partial charge in [0.15, 0.2) is 0 Å². The third kappa shape index (κ3) is 3.35. The molecule has 1 spiro atoms. The summed E-state index contributed by atoms with van der Waals surface area (Å²) in [5.41, 5.74) is 2.60. The zero-order chi connectivity index (χ0) is 25.9. The largest absolute Gasteiger partial charge is 0.478 e. The zero-order valence-corrected chi connectivity index (χ0v) is 22.4. The van der Waals surface area contributed by atoms with E-state index in [-0.39, 0.29) is 36.8 Å². The van der Waals surface area contributed by atoms with Crippen LogP contribution in [0.15, 0.2) is 48.5 Å². The Morgan fingerprint density at radius 1 is 1.15 bits per heavy atom. The number of hydrogen-bond acceptors (Lipinski definition) is 5. The van der Waals surface area contributed by atoms with Gasteiger partial charge in [-0.25, -0.2) is 9.78 Å². The normalized spacial score (nSPS) is 26.9. The lowest BCUT2D eigenvalue weighted by molar-refractivity contribution is -0.128. The van der Waals surface area contributed by atoms with Crippen molar-refractivity contribution < 1.29 is 14.7 Å². The average Bonchev–Trinajstić information content (AvgIpc) is 3.14. The Hall–Kier alpha value is -2.91. The summed E-state index contributed by atoms with van der Waals surface area (Å²) in [5, 5.41) is 13.3. The molecule has 4 aromatic rings. The van der Waals surface area contributed by atoms with Gasteiger partial charge in [-0.05, 0) is 61.2 Å². The first-order valence-electron chi connectivity index (χ1n) is 12.7. The number of halogens is 2. The quantitative estimate of drug-likeness (QED) is 0.285. The second-order valence-corrected chi connectivity index (χ2v) is 13.0. The molecule has 2 N–H and O–H groups in total. The molecule has 7 nitrogen and oxygen atoms in total. The first kappa shape index (κ1) is 25.1. The number of carbonyl (C=O) groups is 2. The number of nitrogens with zero attached hydrogens (tertiary/aromatic N) is 3. The fourth-order valence-electron chi connectivity index (χ4n) is 7.19. The molecule has 2 fully saturated rings. The third-order valence-electron chi connectivity index (χ3n) is 8.81. The molecule has 2 aromatic heterocycles. The van der Waals surface area contributed by atoms with Gasteiger partial charge in [0, 0.05) is 52.1 Å². The van der Waals surface area contributed by atoms with Crippen LogP contribution in [0.3, 0.4) is 0 Å². The Bertz CT molecular complexity index is 1690. The van der Waals surface area contributed by atoms with Gasteiger partial charge in [-0.2, -0.15) is 0 Å². The molecule has 5 heterocycles. The van der Waals surface area contributed by atoms with Crippen LogP contribution >= 0.6 is 34.5 Å². The van der Waals surface area contributed by atoms with Crippen LogP contribution in [0.1, 0.15) is 58.7 Å². The summed E-state index contributed by atoms with van der Waals surface area (Å²) in [7, 11) is 0. The summed E-state index contributed by atoms with van der Waals surface area (Å²) >= 11 is 14.4. The van der Waals surface area contributed by atoms with E-state index in [0.29, 0.717) is 27.3 Å². The minimum atomic E-state index is -0.975. The molecule has 4 atom stereocenters. The monoisotopic (exact) mass is 580 g/mol. The Labute approximate surface area is 239 Å². The number of carboxylic acids is 1. The van der Waals surface area contributed by atoms with Crippen molar-refractivity contribution in [3.05, 3.63) is 79.7 Å². The minimum Gasteiger partial charge on any atom is -0.478 e. The number of imidazole rings is 1. The smallest absolute Gasteiger partial charge is 0.335 e. The maximum atomic E-state index is 14.3. The molecule has 4 aliphatic rings. The van der Waals surface area contributed by atoms with Crippen LogP contribution in [-0.4, -0.2) is 44.0 Å². The van der Waals surface area contributed by atoms with Crippen molar-refractivity contribution in [3.63, 3.8) is 0 Å². The van der Waals surface area contributed by atoms with Crippen molar-refractivity contribution in [2.45, 2.75) is 50.2 Å². The van der Waals surface area contributed by atoms with E-state index in [1.54, 1.807) is 12.1 Å². The molecule has 1 amide bonds. The van der Waals surface area contributed by atoms with Crippen molar-refractivity contribution in [2.24, 2.45) is 5.92 Å². The SMILES string of the molecule is C.O=C(O)c1ccc2c(c1)nc1n2C[C@H]2[C@@H]1[C@H](c1ccc(Cl)s1)[C@]1(C(=O)Nc3cc(Cl)ccc31)N2CC1CC1. The molecule has 1 aliphatic carbocycles. The number of carbonyl (C=O) groups excluding carboxylic acids is 1. The standard InChI is InChI=1S/C28H22Cl2N4O3S.CH4/c29-15-4-5-16-17(10-15)32-27(37)28(16)24(21-7-8-22(30)38-21)23-20(34(28)11-13-1-2-13)12-33-19-6-3-14(26(35)36)9-18(19)31-25(23)33;/h3-10,13,20,23-24H,1-2,11-12H2,(H,32,37)(H,35,36);1H4/t20-,23+,24-,28+;/m0./s1. The van der Waals surface area contributed by atoms with Crippen LogP contribution in [0.4, 0.5) is 5.69 Å². The number of rotatable bonds is 4. The van der Waals surface area contributed by atoms with E-state index in [1.807, 2.05) is 36.4 Å². The highest BCUT2D eigenvalue weighted by molar-refractivity contribution is 7.16. The number of aromatic carboxylic acids is 1. The van der Waals surface area contributed by atoms with Gasteiger partial charge < -0.3 is 15.0 Å². The van der Waals surface area contributed by atoms with Gasteiger partial charge in [0.1, 0.15) is 11.4 Å². The van der Waals surface area contributed by atoms with Crippen LogP contribution in [0.5, 0.6) is 0 Å². The number of thiophene rings is 1. The summed E-state index contributed by atoms with van der Waals surface area (Å²) in [6, 6.07) is 14.8. The van der Waals surface area contributed by atoms with Crippen LogP contribution in [0.2, 0.25) is 9.36 Å². The highest BCUT2D eigenvalue weighted by Gasteiger charge is 2.69. The fraction of sp³-hybridized carbons (Fsp3) is 0.345. The highest BCUT2D eigenvalue weighted by atomic mass is 35.5.